The number of rotatable bonds is 4. The highest BCUT2D eigenvalue weighted by molar-refractivity contribution is 7.25. The Balaban J connectivity index is 1.16. The molecule has 0 radical (unpaired) electrons. The van der Waals surface area contributed by atoms with E-state index in [4.69, 9.17) is 0 Å². The van der Waals surface area contributed by atoms with E-state index in [9.17, 15) is 0 Å². The van der Waals surface area contributed by atoms with Crippen LogP contribution in [0.3, 0.4) is 0 Å². The van der Waals surface area contributed by atoms with Crippen molar-refractivity contribution in [2.45, 2.75) is 0 Å². The average molecular weight is 578 g/mol. The lowest BCUT2D eigenvalue weighted by molar-refractivity contribution is 1.19. The fourth-order valence-electron chi connectivity index (χ4n) is 6.67. The molecule has 1 nitrogen and oxygen atoms in total. The third kappa shape index (κ3) is 4.07. The van der Waals surface area contributed by atoms with Gasteiger partial charge in [0.25, 0.3) is 0 Å². The smallest absolute Gasteiger partial charge is 0.0541 e. The predicted octanol–water partition coefficient (Wildman–Crippen LogP) is 12.2. The maximum absolute atomic E-state index is 2.41. The molecule has 0 unspecified atom stereocenters. The van der Waals surface area contributed by atoms with Crippen molar-refractivity contribution in [3.8, 4) is 39.1 Å². The molecule has 0 aliphatic rings. The van der Waals surface area contributed by atoms with E-state index in [0.29, 0.717) is 0 Å². The van der Waals surface area contributed by atoms with Gasteiger partial charge < -0.3 is 4.57 Å². The first-order valence-corrected chi connectivity index (χ1v) is 15.8. The highest BCUT2D eigenvalue weighted by Gasteiger charge is 2.14. The molecule has 0 bridgehead atoms. The Bertz CT molecular complexity index is 2440. The van der Waals surface area contributed by atoms with Gasteiger partial charge in [0.2, 0.25) is 0 Å². The van der Waals surface area contributed by atoms with E-state index in [2.05, 4.69) is 168 Å². The van der Waals surface area contributed by atoms with Crippen LogP contribution in [-0.2, 0) is 0 Å². The van der Waals surface area contributed by atoms with Crippen LogP contribution in [0.15, 0.2) is 164 Å². The van der Waals surface area contributed by atoms with E-state index >= 15 is 0 Å². The molecule has 9 rings (SSSR count). The molecule has 0 amide bonds. The van der Waals surface area contributed by atoms with Gasteiger partial charge in [-0.2, -0.15) is 0 Å². The Morgan fingerprint density at radius 2 is 0.795 bits per heavy atom. The molecular weight excluding hydrogens is 551 g/mol. The first-order chi connectivity index (χ1) is 21.8. The number of fused-ring (bicyclic) bond motifs is 6. The van der Waals surface area contributed by atoms with Gasteiger partial charge >= 0.3 is 0 Å². The van der Waals surface area contributed by atoms with Gasteiger partial charge in [0.1, 0.15) is 0 Å². The van der Waals surface area contributed by atoms with Crippen LogP contribution in [0.25, 0.3) is 81.0 Å². The third-order valence-electron chi connectivity index (χ3n) is 8.79. The van der Waals surface area contributed by atoms with Gasteiger partial charge in [0.15, 0.2) is 0 Å². The number of thiophene rings is 1. The summed E-state index contributed by atoms with van der Waals surface area (Å²) >= 11 is 1.87. The molecular formula is C42H27NS. The van der Waals surface area contributed by atoms with E-state index in [1.807, 2.05) is 11.3 Å². The molecule has 0 saturated carbocycles. The Kier molecular flexibility index (Phi) is 5.75. The Hall–Kier alpha value is -5.44. The summed E-state index contributed by atoms with van der Waals surface area (Å²) < 4.78 is 5.03. The van der Waals surface area contributed by atoms with Crippen LogP contribution < -0.4 is 0 Å². The summed E-state index contributed by atoms with van der Waals surface area (Å²) in [7, 11) is 0. The van der Waals surface area contributed by atoms with Crippen molar-refractivity contribution in [3.63, 3.8) is 0 Å². The molecule has 0 atom stereocenters. The van der Waals surface area contributed by atoms with E-state index in [1.165, 1.54) is 81.0 Å². The van der Waals surface area contributed by atoms with Gasteiger partial charge in [0.05, 0.1) is 11.0 Å². The van der Waals surface area contributed by atoms with Crippen LogP contribution >= 0.6 is 11.3 Å². The molecule has 44 heavy (non-hydrogen) atoms. The minimum Gasteiger partial charge on any atom is -0.309 e. The Morgan fingerprint density at radius 3 is 1.43 bits per heavy atom. The maximum atomic E-state index is 2.41. The number of nitrogens with zero attached hydrogens (tertiary/aromatic N) is 1. The highest BCUT2D eigenvalue weighted by atomic mass is 32.1. The van der Waals surface area contributed by atoms with Crippen molar-refractivity contribution >= 4 is 53.3 Å². The molecule has 0 fully saturated rings. The molecule has 0 N–H and O–H groups in total. The molecule has 206 valence electrons. The van der Waals surface area contributed by atoms with Gasteiger partial charge in [-0.25, -0.2) is 0 Å². The number of hydrogen-bond acceptors (Lipinski definition) is 1. The molecule has 7 aromatic carbocycles. The molecule has 2 aromatic heterocycles. The molecule has 9 aromatic rings. The fraction of sp³-hybridized carbons (Fsp3) is 0. The van der Waals surface area contributed by atoms with Gasteiger partial charge in [-0.3, -0.25) is 0 Å². The minimum absolute atomic E-state index is 1.19. The summed E-state index contributed by atoms with van der Waals surface area (Å²) in [6, 6.07) is 59.7. The van der Waals surface area contributed by atoms with Crippen LogP contribution in [0.5, 0.6) is 0 Å². The second-order valence-electron chi connectivity index (χ2n) is 11.4. The third-order valence-corrected chi connectivity index (χ3v) is 9.94. The fourth-order valence-corrected chi connectivity index (χ4v) is 7.74. The summed E-state index contributed by atoms with van der Waals surface area (Å²) in [5.74, 6) is 0. The largest absolute Gasteiger partial charge is 0.309 e. The van der Waals surface area contributed by atoms with E-state index in [1.54, 1.807) is 0 Å². The molecule has 2 heterocycles. The molecule has 0 aliphatic heterocycles. The summed E-state index contributed by atoms with van der Waals surface area (Å²) in [4.78, 5) is 0. The zero-order valence-corrected chi connectivity index (χ0v) is 24.8. The van der Waals surface area contributed by atoms with E-state index in [0.717, 1.165) is 0 Å². The molecule has 0 saturated heterocycles. The van der Waals surface area contributed by atoms with Gasteiger partial charge in [0, 0.05) is 36.6 Å². The number of aromatic nitrogens is 1. The lowest BCUT2D eigenvalue weighted by atomic mass is 9.96. The van der Waals surface area contributed by atoms with E-state index in [-0.39, 0.29) is 0 Å². The van der Waals surface area contributed by atoms with Crippen molar-refractivity contribution < 1.29 is 0 Å². The number of benzene rings is 7. The van der Waals surface area contributed by atoms with Crippen LogP contribution in [0.1, 0.15) is 0 Å². The summed E-state index contributed by atoms with van der Waals surface area (Å²) in [5, 5.41) is 5.18. The van der Waals surface area contributed by atoms with Crippen LogP contribution in [0.2, 0.25) is 0 Å². The Labute approximate surface area is 259 Å². The SMILES string of the molecule is c1ccc(-c2cccc(-c3cccc(-c4ccc5sc6ccc(-n7c8ccccc8c8ccccc87)cc6c5c4)c3)c2)cc1. The molecule has 2 heteroatoms. The predicted molar refractivity (Wildman–Crippen MR) is 190 cm³/mol. The minimum atomic E-state index is 1.19. The summed E-state index contributed by atoms with van der Waals surface area (Å²) in [6.45, 7) is 0. The van der Waals surface area contributed by atoms with Gasteiger partial charge in [-0.1, -0.05) is 109 Å². The van der Waals surface area contributed by atoms with Gasteiger partial charge in [-0.15, -0.1) is 11.3 Å². The highest BCUT2D eigenvalue weighted by Crippen LogP contribution is 2.40. The van der Waals surface area contributed by atoms with Crippen LogP contribution in [0.4, 0.5) is 0 Å². The number of hydrogen-bond donors (Lipinski definition) is 0. The summed E-state index contributed by atoms with van der Waals surface area (Å²) in [5.41, 5.74) is 11.1. The maximum Gasteiger partial charge on any atom is 0.0541 e. The number of para-hydroxylation sites is 2. The standard InChI is InChI=1S/C42H27NS/c1-2-10-28(11-3-1)29-12-8-13-30(24-29)31-14-9-15-32(25-31)33-20-22-41-37(26-33)38-27-34(21-23-42(38)44-41)43-39-18-6-4-16-35(39)36-17-5-7-19-40(36)43/h1-27H. The van der Waals surface area contributed by atoms with Crippen LogP contribution in [0, 0.1) is 0 Å². The van der Waals surface area contributed by atoms with Gasteiger partial charge in [-0.05, 0) is 88.0 Å². The van der Waals surface area contributed by atoms with Crippen molar-refractivity contribution in [2.24, 2.45) is 0 Å². The van der Waals surface area contributed by atoms with Crippen molar-refractivity contribution in [2.75, 3.05) is 0 Å². The van der Waals surface area contributed by atoms with Crippen molar-refractivity contribution in [1.29, 1.82) is 0 Å². The second kappa shape index (κ2) is 10.1. The zero-order chi connectivity index (χ0) is 29.0. The van der Waals surface area contributed by atoms with E-state index < -0.39 is 0 Å². The molecule has 0 aliphatic carbocycles. The first-order valence-electron chi connectivity index (χ1n) is 15.0. The van der Waals surface area contributed by atoms with Crippen molar-refractivity contribution in [3.05, 3.63) is 164 Å². The monoisotopic (exact) mass is 577 g/mol. The normalized spacial score (nSPS) is 11.6. The first kappa shape index (κ1) is 25.1. The quantitative estimate of drug-likeness (QED) is 0.196. The lowest BCUT2D eigenvalue weighted by Crippen LogP contribution is -1.93. The zero-order valence-electron chi connectivity index (χ0n) is 23.9. The van der Waals surface area contributed by atoms with Crippen LogP contribution in [-0.4, -0.2) is 4.57 Å². The Morgan fingerprint density at radius 1 is 0.318 bits per heavy atom. The van der Waals surface area contributed by atoms with Crippen molar-refractivity contribution in [1.82, 2.24) is 4.57 Å². The lowest BCUT2D eigenvalue weighted by Gasteiger charge is -2.09. The second-order valence-corrected chi connectivity index (χ2v) is 12.5. The topological polar surface area (TPSA) is 4.93 Å². The molecule has 0 spiro atoms. The summed E-state index contributed by atoms with van der Waals surface area (Å²) in [6.07, 6.45) is 0. The average Bonchev–Trinajstić information content (AvgIpc) is 3.64.